The minimum Gasteiger partial charge on any atom is -0.444 e. The van der Waals surface area contributed by atoms with Crippen molar-refractivity contribution in [1.29, 1.82) is 5.26 Å². The lowest BCUT2D eigenvalue weighted by Crippen LogP contribution is -2.34. The summed E-state index contributed by atoms with van der Waals surface area (Å²) in [7, 11) is 0. The van der Waals surface area contributed by atoms with Gasteiger partial charge in [0.1, 0.15) is 17.4 Å². The summed E-state index contributed by atoms with van der Waals surface area (Å²) >= 11 is 0. The average Bonchev–Trinajstić information content (AvgIpc) is 2.81. The molecule has 6 heteroatoms. The van der Waals surface area contributed by atoms with Crippen LogP contribution in [0.15, 0.2) is 0 Å². The molecule has 6 nitrogen and oxygen atoms in total. The molecule has 0 aromatic carbocycles. The summed E-state index contributed by atoms with van der Waals surface area (Å²) in [6.45, 7) is 12.3. The zero-order valence-electron chi connectivity index (χ0n) is 13.5. The zero-order chi connectivity index (χ0) is 16.0. The van der Waals surface area contributed by atoms with Gasteiger partial charge in [0.15, 0.2) is 0 Å². The van der Waals surface area contributed by atoms with Gasteiger partial charge in [0, 0.05) is 5.56 Å². The second-order valence-corrected chi connectivity index (χ2v) is 7.30. The number of carbonyl (C=O) groups excluding carboxylic acids is 1. The van der Waals surface area contributed by atoms with E-state index in [9.17, 15) is 10.1 Å². The molecular formula is C15H22N4O2. The van der Waals surface area contributed by atoms with Crippen molar-refractivity contribution in [2.45, 2.75) is 65.8 Å². The molecule has 2 heterocycles. The Morgan fingerprint density at radius 2 is 1.86 bits per heavy atom. The maximum atomic E-state index is 12.1. The Hall–Kier alpha value is -2.03. The van der Waals surface area contributed by atoms with E-state index in [-0.39, 0.29) is 11.6 Å². The molecule has 1 amide bonds. The normalized spacial score (nSPS) is 14.8. The second-order valence-electron chi connectivity index (χ2n) is 7.30. The van der Waals surface area contributed by atoms with Crippen molar-refractivity contribution in [3.63, 3.8) is 0 Å². The van der Waals surface area contributed by atoms with Crippen LogP contribution in [-0.2, 0) is 23.4 Å². The Balaban J connectivity index is 2.24. The zero-order valence-corrected chi connectivity index (χ0v) is 13.5. The van der Waals surface area contributed by atoms with Gasteiger partial charge in [-0.15, -0.1) is 0 Å². The van der Waals surface area contributed by atoms with E-state index in [0.29, 0.717) is 18.8 Å². The number of rotatable bonds is 0. The van der Waals surface area contributed by atoms with Crippen molar-refractivity contribution in [3.8, 4) is 6.07 Å². The van der Waals surface area contributed by atoms with Gasteiger partial charge in [-0.3, -0.25) is 4.90 Å². The molecule has 21 heavy (non-hydrogen) atoms. The fraction of sp³-hybridized carbons (Fsp3) is 0.667. The second kappa shape index (κ2) is 4.76. The number of hydrogen-bond donors (Lipinski definition) is 0. The van der Waals surface area contributed by atoms with Crippen LogP contribution in [0, 0.1) is 11.3 Å². The Kier molecular flexibility index (Phi) is 3.48. The third-order valence-corrected chi connectivity index (χ3v) is 3.15. The van der Waals surface area contributed by atoms with E-state index in [1.54, 1.807) is 9.58 Å². The van der Waals surface area contributed by atoms with Crippen molar-refractivity contribution < 1.29 is 9.53 Å². The summed E-state index contributed by atoms with van der Waals surface area (Å²) in [5.41, 5.74) is 1.36. The molecule has 1 aliphatic heterocycles. The summed E-state index contributed by atoms with van der Waals surface area (Å²) in [5, 5.41) is 13.9. The van der Waals surface area contributed by atoms with E-state index < -0.39 is 5.60 Å². The molecule has 114 valence electrons. The predicted octanol–water partition coefficient (Wildman–Crippen LogP) is 2.76. The number of nitriles is 1. The third kappa shape index (κ3) is 3.02. The highest BCUT2D eigenvalue weighted by Gasteiger charge is 2.34. The molecule has 0 saturated carbocycles. The smallest absolute Gasteiger partial charge is 0.410 e. The van der Waals surface area contributed by atoms with Crippen LogP contribution in [0.5, 0.6) is 0 Å². The van der Waals surface area contributed by atoms with Crippen molar-refractivity contribution in [2.75, 3.05) is 0 Å². The highest BCUT2D eigenvalue weighted by Crippen LogP contribution is 2.29. The van der Waals surface area contributed by atoms with E-state index in [4.69, 9.17) is 4.74 Å². The van der Waals surface area contributed by atoms with Gasteiger partial charge >= 0.3 is 6.09 Å². The van der Waals surface area contributed by atoms with Crippen molar-refractivity contribution in [2.24, 2.45) is 0 Å². The highest BCUT2D eigenvalue weighted by molar-refractivity contribution is 5.69. The quantitative estimate of drug-likeness (QED) is 0.736. The SMILES string of the molecule is CC(C)(C)OC(=O)N1Cc2nn(C(C)(C)C)c(C#N)c2C1. The molecule has 0 fully saturated rings. The summed E-state index contributed by atoms with van der Waals surface area (Å²) in [4.78, 5) is 13.7. The first-order valence-electron chi connectivity index (χ1n) is 7.02. The van der Waals surface area contributed by atoms with Crippen LogP contribution < -0.4 is 0 Å². The minimum atomic E-state index is -0.527. The Labute approximate surface area is 125 Å². The van der Waals surface area contributed by atoms with Crippen LogP contribution >= 0.6 is 0 Å². The largest absolute Gasteiger partial charge is 0.444 e. The summed E-state index contributed by atoms with van der Waals surface area (Å²) in [6.07, 6.45) is -0.369. The van der Waals surface area contributed by atoms with Gasteiger partial charge in [0.2, 0.25) is 0 Å². The first-order chi connectivity index (χ1) is 9.53. The Bertz CT molecular complexity index is 611. The van der Waals surface area contributed by atoms with Gasteiger partial charge in [-0.2, -0.15) is 10.4 Å². The maximum Gasteiger partial charge on any atom is 0.410 e. The number of nitrogens with zero attached hydrogens (tertiary/aromatic N) is 4. The van der Waals surface area contributed by atoms with Gasteiger partial charge in [-0.05, 0) is 41.5 Å². The molecule has 0 unspecified atom stereocenters. The molecule has 2 rings (SSSR count). The van der Waals surface area contributed by atoms with Crippen LogP contribution in [0.2, 0.25) is 0 Å². The average molecular weight is 290 g/mol. The van der Waals surface area contributed by atoms with Crippen LogP contribution in [0.4, 0.5) is 4.79 Å². The van der Waals surface area contributed by atoms with E-state index in [0.717, 1.165) is 11.3 Å². The molecule has 0 spiro atoms. The lowest BCUT2D eigenvalue weighted by atomic mass is 10.1. The standard InChI is InChI=1S/C15H22N4O2/c1-14(2,3)19-12(7-16)10-8-18(9-11(10)17-19)13(20)21-15(4,5)6/h8-9H2,1-6H3. The number of carbonyl (C=O) groups is 1. The molecular weight excluding hydrogens is 268 g/mol. The molecule has 0 atom stereocenters. The molecule has 0 saturated heterocycles. The number of aromatic nitrogens is 2. The van der Waals surface area contributed by atoms with E-state index >= 15 is 0 Å². The monoisotopic (exact) mass is 290 g/mol. The fourth-order valence-electron chi connectivity index (χ4n) is 2.27. The first kappa shape index (κ1) is 15.4. The number of hydrogen-bond acceptors (Lipinski definition) is 4. The first-order valence-corrected chi connectivity index (χ1v) is 7.02. The van der Waals surface area contributed by atoms with Crippen LogP contribution in [0.1, 0.15) is 58.5 Å². The maximum absolute atomic E-state index is 12.1. The molecule has 1 aliphatic rings. The van der Waals surface area contributed by atoms with E-state index in [1.165, 1.54) is 0 Å². The molecule has 1 aromatic rings. The van der Waals surface area contributed by atoms with Crippen molar-refractivity contribution in [3.05, 3.63) is 17.0 Å². The van der Waals surface area contributed by atoms with Gasteiger partial charge in [-0.25, -0.2) is 9.48 Å². The lowest BCUT2D eigenvalue weighted by molar-refractivity contribution is 0.0238. The number of fused-ring (bicyclic) bond motifs is 1. The van der Waals surface area contributed by atoms with Crippen LogP contribution in [0.25, 0.3) is 0 Å². The number of amides is 1. The number of ether oxygens (including phenoxy) is 1. The van der Waals surface area contributed by atoms with Gasteiger partial charge in [0.25, 0.3) is 0 Å². The third-order valence-electron chi connectivity index (χ3n) is 3.15. The highest BCUT2D eigenvalue weighted by atomic mass is 16.6. The predicted molar refractivity (Wildman–Crippen MR) is 77.4 cm³/mol. The summed E-state index contributed by atoms with van der Waals surface area (Å²) in [6, 6.07) is 2.21. The molecule has 1 aromatic heterocycles. The Morgan fingerprint density at radius 3 is 2.33 bits per heavy atom. The molecule has 0 aliphatic carbocycles. The van der Waals surface area contributed by atoms with Gasteiger partial charge in [-0.1, -0.05) is 0 Å². The minimum absolute atomic E-state index is 0.258. The summed E-state index contributed by atoms with van der Waals surface area (Å²) in [5.74, 6) is 0. The van der Waals surface area contributed by atoms with Gasteiger partial charge < -0.3 is 4.74 Å². The molecule has 0 N–H and O–H groups in total. The Morgan fingerprint density at radius 1 is 1.24 bits per heavy atom. The molecule has 0 bridgehead atoms. The van der Waals surface area contributed by atoms with Gasteiger partial charge in [0.05, 0.1) is 24.3 Å². The van der Waals surface area contributed by atoms with Crippen molar-refractivity contribution >= 4 is 6.09 Å². The van der Waals surface area contributed by atoms with E-state index in [2.05, 4.69) is 11.2 Å². The van der Waals surface area contributed by atoms with Crippen molar-refractivity contribution in [1.82, 2.24) is 14.7 Å². The fourth-order valence-corrected chi connectivity index (χ4v) is 2.27. The molecule has 0 radical (unpaired) electrons. The summed E-state index contributed by atoms with van der Waals surface area (Å²) < 4.78 is 7.10. The lowest BCUT2D eigenvalue weighted by Gasteiger charge is -2.25. The van der Waals surface area contributed by atoms with Crippen LogP contribution in [-0.4, -0.2) is 26.4 Å². The topological polar surface area (TPSA) is 71.2 Å². The van der Waals surface area contributed by atoms with E-state index in [1.807, 2.05) is 41.5 Å². The van der Waals surface area contributed by atoms with Crippen LogP contribution in [0.3, 0.4) is 0 Å².